The molecule has 4 nitrogen and oxygen atoms in total. The first-order valence-corrected chi connectivity index (χ1v) is 7.74. The highest BCUT2D eigenvalue weighted by molar-refractivity contribution is 5.06. The first kappa shape index (κ1) is 11.9. The van der Waals surface area contributed by atoms with Gasteiger partial charge in [-0.3, -0.25) is 0 Å². The van der Waals surface area contributed by atoms with Crippen LogP contribution < -0.4 is 5.32 Å². The molecule has 2 heterocycles. The molecule has 1 aromatic heterocycles. The van der Waals surface area contributed by atoms with E-state index in [2.05, 4.69) is 14.9 Å². The van der Waals surface area contributed by atoms with Crippen molar-refractivity contribution in [1.29, 1.82) is 0 Å². The van der Waals surface area contributed by atoms with Gasteiger partial charge in [-0.25, -0.2) is 4.98 Å². The zero-order chi connectivity index (χ0) is 12.7. The molecule has 1 unspecified atom stereocenters. The molecule has 3 aliphatic rings. The fourth-order valence-electron chi connectivity index (χ4n) is 3.47. The molecule has 0 amide bonds. The van der Waals surface area contributed by atoms with E-state index >= 15 is 0 Å². The normalized spacial score (nSPS) is 27.9. The van der Waals surface area contributed by atoms with Crippen molar-refractivity contribution >= 4 is 0 Å². The maximum Gasteiger partial charge on any atom is 0.111 e. The van der Waals surface area contributed by atoms with Gasteiger partial charge in [-0.05, 0) is 43.4 Å². The Balaban J connectivity index is 1.49. The van der Waals surface area contributed by atoms with Gasteiger partial charge in [0.1, 0.15) is 6.10 Å². The third-order valence-electron chi connectivity index (χ3n) is 4.86. The Labute approximate surface area is 114 Å². The number of ether oxygens (including phenoxy) is 1. The third-order valence-corrected chi connectivity index (χ3v) is 4.86. The highest BCUT2D eigenvalue weighted by Gasteiger charge is 2.41. The van der Waals surface area contributed by atoms with Gasteiger partial charge in [-0.15, -0.1) is 0 Å². The summed E-state index contributed by atoms with van der Waals surface area (Å²) in [6.45, 7) is 3.86. The van der Waals surface area contributed by atoms with E-state index in [1.165, 1.54) is 31.4 Å². The molecule has 1 saturated heterocycles. The first-order valence-electron chi connectivity index (χ1n) is 7.74. The van der Waals surface area contributed by atoms with Crippen molar-refractivity contribution in [3.8, 4) is 0 Å². The zero-order valence-corrected chi connectivity index (χ0v) is 11.4. The standard InChI is InChI=1S/C15H23N3O/c1-2-11(1)13(12-3-4-12)9-18-10-17-7-14(18)15-8-16-5-6-19-15/h7,10-13,15-16H,1-6,8-9H2. The average Bonchev–Trinajstić information content (AvgIpc) is 3.37. The summed E-state index contributed by atoms with van der Waals surface area (Å²) >= 11 is 0. The lowest BCUT2D eigenvalue weighted by Crippen LogP contribution is -2.34. The Bertz CT molecular complexity index is 418. The lowest BCUT2D eigenvalue weighted by atomic mass is 9.97. The molecule has 4 heteroatoms. The number of imidazole rings is 1. The molecule has 0 radical (unpaired) electrons. The van der Waals surface area contributed by atoms with E-state index in [0.29, 0.717) is 0 Å². The van der Waals surface area contributed by atoms with Crippen LogP contribution in [0.1, 0.15) is 37.5 Å². The lowest BCUT2D eigenvalue weighted by Gasteiger charge is -2.26. The van der Waals surface area contributed by atoms with Crippen LogP contribution in [0.25, 0.3) is 0 Å². The van der Waals surface area contributed by atoms with Crippen molar-refractivity contribution in [2.75, 3.05) is 19.7 Å². The molecule has 0 spiro atoms. The minimum Gasteiger partial charge on any atom is -0.369 e. The smallest absolute Gasteiger partial charge is 0.111 e. The highest BCUT2D eigenvalue weighted by Crippen LogP contribution is 2.50. The number of rotatable bonds is 5. The van der Waals surface area contributed by atoms with Crippen LogP contribution in [0.15, 0.2) is 12.5 Å². The number of nitrogens with one attached hydrogen (secondary N) is 1. The molecule has 3 fully saturated rings. The van der Waals surface area contributed by atoms with E-state index in [4.69, 9.17) is 4.74 Å². The van der Waals surface area contributed by atoms with Gasteiger partial charge in [0, 0.05) is 19.6 Å². The molecule has 0 bridgehead atoms. The minimum absolute atomic E-state index is 0.190. The second-order valence-corrected chi connectivity index (χ2v) is 6.37. The SMILES string of the molecule is c1ncn(CC(C2CC2)C2CC2)c1C1CNCCO1. The van der Waals surface area contributed by atoms with Crippen molar-refractivity contribution in [2.45, 2.75) is 38.3 Å². The van der Waals surface area contributed by atoms with Crippen molar-refractivity contribution in [1.82, 2.24) is 14.9 Å². The topological polar surface area (TPSA) is 39.1 Å². The fourth-order valence-corrected chi connectivity index (χ4v) is 3.47. The zero-order valence-electron chi connectivity index (χ0n) is 11.4. The van der Waals surface area contributed by atoms with Gasteiger partial charge in [0.25, 0.3) is 0 Å². The van der Waals surface area contributed by atoms with Gasteiger partial charge in [-0.2, -0.15) is 0 Å². The maximum absolute atomic E-state index is 5.87. The molecule has 1 aliphatic heterocycles. The highest BCUT2D eigenvalue weighted by atomic mass is 16.5. The summed E-state index contributed by atoms with van der Waals surface area (Å²) in [4.78, 5) is 4.37. The van der Waals surface area contributed by atoms with Crippen molar-refractivity contribution in [2.24, 2.45) is 17.8 Å². The first-order chi connectivity index (χ1) is 9.42. The molecule has 2 saturated carbocycles. The summed E-state index contributed by atoms with van der Waals surface area (Å²) in [5.74, 6) is 2.88. The van der Waals surface area contributed by atoms with Crippen LogP contribution in [0.4, 0.5) is 0 Å². The quantitative estimate of drug-likeness (QED) is 0.881. The van der Waals surface area contributed by atoms with Gasteiger partial charge in [0.15, 0.2) is 0 Å². The Hall–Kier alpha value is -0.870. The molecule has 1 N–H and O–H groups in total. The molecular formula is C15H23N3O. The summed E-state index contributed by atoms with van der Waals surface area (Å²) in [6, 6.07) is 0. The maximum atomic E-state index is 5.87. The summed E-state index contributed by atoms with van der Waals surface area (Å²) < 4.78 is 8.23. The number of hydrogen-bond donors (Lipinski definition) is 1. The Morgan fingerprint density at radius 2 is 2.11 bits per heavy atom. The van der Waals surface area contributed by atoms with Gasteiger partial charge < -0.3 is 14.6 Å². The van der Waals surface area contributed by atoms with Crippen molar-refractivity contribution in [3.63, 3.8) is 0 Å². The van der Waals surface area contributed by atoms with Crippen LogP contribution in [-0.2, 0) is 11.3 Å². The van der Waals surface area contributed by atoms with Crippen molar-refractivity contribution < 1.29 is 4.74 Å². The minimum atomic E-state index is 0.190. The summed E-state index contributed by atoms with van der Waals surface area (Å²) in [5, 5.41) is 3.41. The Kier molecular flexibility index (Phi) is 3.08. The van der Waals surface area contributed by atoms with Gasteiger partial charge in [-0.1, -0.05) is 0 Å². The molecule has 0 aromatic carbocycles. The van der Waals surface area contributed by atoms with E-state index in [1.54, 1.807) is 0 Å². The van der Waals surface area contributed by atoms with E-state index in [0.717, 1.165) is 44.0 Å². The summed E-state index contributed by atoms with van der Waals surface area (Å²) in [5.41, 5.74) is 1.26. The Morgan fingerprint density at radius 1 is 1.32 bits per heavy atom. The van der Waals surface area contributed by atoms with Crippen LogP contribution in [0, 0.1) is 17.8 Å². The molecular weight excluding hydrogens is 238 g/mol. The van der Waals surface area contributed by atoms with Crippen LogP contribution in [0.3, 0.4) is 0 Å². The lowest BCUT2D eigenvalue weighted by molar-refractivity contribution is 0.0221. The molecule has 1 atom stereocenters. The van der Waals surface area contributed by atoms with E-state index in [-0.39, 0.29) is 6.10 Å². The van der Waals surface area contributed by atoms with Crippen molar-refractivity contribution in [3.05, 3.63) is 18.2 Å². The monoisotopic (exact) mass is 261 g/mol. The predicted octanol–water partition coefficient (Wildman–Crippen LogP) is 1.98. The van der Waals surface area contributed by atoms with E-state index in [1.807, 2.05) is 12.5 Å². The van der Waals surface area contributed by atoms with E-state index in [9.17, 15) is 0 Å². The van der Waals surface area contributed by atoms with E-state index < -0.39 is 0 Å². The predicted molar refractivity (Wildman–Crippen MR) is 72.7 cm³/mol. The number of morpholine rings is 1. The van der Waals surface area contributed by atoms with Gasteiger partial charge in [0.2, 0.25) is 0 Å². The summed E-state index contributed by atoms with van der Waals surface area (Å²) in [6.07, 6.45) is 9.99. The number of hydrogen-bond acceptors (Lipinski definition) is 3. The van der Waals surface area contributed by atoms with Crippen LogP contribution in [0.2, 0.25) is 0 Å². The molecule has 104 valence electrons. The van der Waals surface area contributed by atoms with Crippen LogP contribution in [-0.4, -0.2) is 29.2 Å². The largest absolute Gasteiger partial charge is 0.369 e. The number of nitrogens with zero attached hydrogens (tertiary/aromatic N) is 2. The molecule has 2 aliphatic carbocycles. The Morgan fingerprint density at radius 3 is 2.74 bits per heavy atom. The molecule has 4 rings (SSSR count). The second-order valence-electron chi connectivity index (χ2n) is 6.37. The fraction of sp³-hybridized carbons (Fsp3) is 0.800. The van der Waals surface area contributed by atoms with Gasteiger partial charge in [0.05, 0.1) is 24.8 Å². The van der Waals surface area contributed by atoms with Crippen LogP contribution in [0.5, 0.6) is 0 Å². The molecule has 19 heavy (non-hydrogen) atoms. The van der Waals surface area contributed by atoms with Gasteiger partial charge >= 0.3 is 0 Å². The molecule has 1 aromatic rings. The third kappa shape index (κ3) is 2.56. The summed E-state index contributed by atoms with van der Waals surface area (Å²) in [7, 11) is 0. The van der Waals surface area contributed by atoms with Crippen LogP contribution >= 0.6 is 0 Å². The number of aromatic nitrogens is 2. The average molecular weight is 261 g/mol. The second kappa shape index (κ2) is 4.91.